The van der Waals surface area contributed by atoms with Gasteiger partial charge in [-0.1, -0.05) is 24.3 Å². The Balaban J connectivity index is 1.97. The molecule has 0 amide bonds. The normalized spacial score (nSPS) is 16.7. The Morgan fingerprint density at radius 1 is 1.10 bits per heavy atom. The molecule has 0 saturated heterocycles. The van der Waals surface area contributed by atoms with Crippen molar-refractivity contribution in [2.24, 2.45) is 11.7 Å². The molecule has 1 aliphatic rings. The smallest absolute Gasteiger partial charge is 0.0624 e. The van der Waals surface area contributed by atoms with Crippen molar-refractivity contribution in [2.45, 2.75) is 25.4 Å². The van der Waals surface area contributed by atoms with E-state index in [0.717, 1.165) is 18.0 Å². The molecule has 3 nitrogen and oxygen atoms in total. The zero-order chi connectivity index (χ0) is 14.4. The van der Waals surface area contributed by atoms with Gasteiger partial charge in [0.15, 0.2) is 0 Å². The number of rotatable bonds is 4. The molecule has 21 heavy (non-hydrogen) atoms. The number of nitrogens with zero attached hydrogens (tertiary/aromatic N) is 1. The Hall–Kier alpha value is -1.84. The molecule has 3 N–H and O–H groups in total. The van der Waals surface area contributed by atoms with E-state index in [1.807, 2.05) is 6.07 Å². The van der Waals surface area contributed by atoms with Crippen LogP contribution in [-0.2, 0) is 6.54 Å². The lowest BCUT2D eigenvalue weighted by atomic mass is 10.0. The molecule has 0 spiro atoms. The van der Waals surface area contributed by atoms with Gasteiger partial charge < -0.3 is 15.4 Å². The van der Waals surface area contributed by atoms with E-state index in [9.17, 15) is 5.11 Å². The summed E-state index contributed by atoms with van der Waals surface area (Å²) in [5, 5.41) is 11.8. The summed E-state index contributed by atoms with van der Waals surface area (Å²) in [6.45, 7) is 1.08. The molecular weight excluding hydrogens is 260 g/mol. The van der Waals surface area contributed by atoms with Crippen molar-refractivity contribution in [3.63, 3.8) is 0 Å². The average Bonchev–Trinajstić information content (AvgIpc) is 3.30. The molecule has 1 atom stereocenters. The van der Waals surface area contributed by atoms with Crippen molar-refractivity contribution in [1.82, 2.24) is 4.57 Å². The maximum atomic E-state index is 9.28. The lowest BCUT2D eigenvalue weighted by Crippen LogP contribution is -2.14. The monoisotopic (exact) mass is 280 g/mol. The van der Waals surface area contributed by atoms with Gasteiger partial charge in [-0.05, 0) is 42.5 Å². The quantitative estimate of drug-likeness (QED) is 0.771. The molecule has 1 aliphatic carbocycles. The van der Waals surface area contributed by atoms with Crippen molar-refractivity contribution in [3.8, 4) is 0 Å². The van der Waals surface area contributed by atoms with Gasteiger partial charge in [-0.15, -0.1) is 0 Å². The number of fused-ring (bicyclic) bond motifs is 3. The highest BCUT2D eigenvalue weighted by Crippen LogP contribution is 2.36. The van der Waals surface area contributed by atoms with E-state index in [1.165, 1.54) is 34.6 Å². The minimum Gasteiger partial charge on any atom is -0.394 e. The largest absolute Gasteiger partial charge is 0.394 e. The first-order valence-corrected chi connectivity index (χ1v) is 7.65. The van der Waals surface area contributed by atoms with Gasteiger partial charge in [0, 0.05) is 28.4 Å². The number of hydrogen-bond donors (Lipinski definition) is 2. The van der Waals surface area contributed by atoms with E-state index in [1.54, 1.807) is 0 Å². The maximum Gasteiger partial charge on any atom is 0.0624 e. The zero-order valence-corrected chi connectivity index (χ0v) is 12.0. The fourth-order valence-electron chi connectivity index (χ4n) is 3.16. The fourth-order valence-corrected chi connectivity index (χ4v) is 3.16. The first-order chi connectivity index (χ1) is 10.3. The molecule has 2 aromatic carbocycles. The molecule has 1 saturated carbocycles. The third kappa shape index (κ3) is 2.13. The third-order valence-electron chi connectivity index (χ3n) is 4.56. The standard InChI is InChI=1S/C18H20N2O/c19-16(11-21)13-7-8-18-15(9-13)14-3-1-2-4-17(14)20(18)10-12-5-6-12/h1-4,7-9,12,16,21H,5-6,10-11,19H2. The number of benzene rings is 2. The molecule has 0 radical (unpaired) electrons. The molecule has 108 valence electrons. The molecule has 1 aromatic heterocycles. The van der Waals surface area contributed by atoms with Crippen molar-refractivity contribution in [3.05, 3.63) is 48.0 Å². The summed E-state index contributed by atoms with van der Waals surface area (Å²) < 4.78 is 2.44. The van der Waals surface area contributed by atoms with Crippen LogP contribution in [0.2, 0.25) is 0 Å². The Morgan fingerprint density at radius 3 is 2.62 bits per heavy atom. The number of hydrogen-bond acceptors (Lipinski definition) is 2. The highest BCUT2D eigenvalue weighted by molar-refractivity contribution is 6.08. The molecule has 3 heteroatoms. The van der Waals surface area contributed by atoms with Gasteiger partial charge in [-0.25, -0.2) is 0 Å². The van der Waals surface area contributed by atoms with E-state index >= 15 is 0 Å². The summed E-state index contributed by atoms with van der Waals surface area (Å²) in [4.78, 5) is 0. The first-order valence-electron chi connectivity index (χ1n) is 7.65. The van der Waals surface area contributed by atoms with Crippen molar-refractivity contribution in [2.75, 3.05) is 6.61 Å². The third-order valence-corrected chi connectivity index (χ3v) is 4.56. The van der Waals surface area contributed by atoms with Crippen LogP contribution >= 0.6 is 0 Å². The molecule has 0 aliphatic heterocycles. The van der Waals surface area contributed by atoms with E-state index in [-0.39, 0.29) is 12.6 Å². The van der Waals surface area contributed by atoms with Gasteiger partial charge in [0.05, 0.1) is 12.6 Å². The van der Waals surface area contributed by atoms with Gasteiger partial charge in [0.1, 0.15) is 0 Å². The van der Waals surface area contributed by atoms with Crippen LogP contribution < -0.4 is 5.73 Å². The van der Waals surface area contributed by atoms with E-state index in [2.05, 4.69) is 41.0 Å². The van der Waals surface area contributed by atoms with Crippen molar-refractivity contribution in [1.29, 1.82) is 0 Å². The van der Waals surface area contributed by atoms with Gasteiger partial charge in [0.25, 0.3) is 0 Å². The highest BCUT2D eigenvalue weighted by atomic mass is 16.3. The van der Waals surface area contributed by atoms with Crippen LogP contribution in [-0.4, -0.2) is 16.3 Å². The number of aromatic nitrogens is 1. The molecule has 0 bridgehead atoms. The molecular formula is C18H20N2O. The van der Waals surface area contributed by atoms with E-state index < -0.39 is 0 Å². The summed E-state index contributed by atoms with van der Waals surface area (Å²) >= 11 is 0. The SMILES string of the molecule is NC(CO)c1ccc2c(c1)c1ccccc1n2CC1CC1. The molecule has 1 unspecified atom stereocenters. The Kier molecular flexibility index (Phi) is 2.98. The fraction of sp³-hybridized carbons (Fsp3) is 0.333. The Morgan fingerprint density at radius 2 is 1.86 bits per heavy atom. The van der Waals surface area contributed by atoms with Crippen molar-refractivity contribution >= 4 is 21.8 Å². The summed E-state index contributed by atoms with van der Waals surface area (Å²) in [6.07, 6.45) is 2.70. The lowest BCUT2D eigenvalue weighted by molar-refractivity contribution is 0.268. The van der Waals surface area contributed by atoms with Crippen LogP contribution in [0.5, 0.6) is 0 Å². The van der Waals surface area contributed by atoms with Gasteiger partial charge >= 0.3 is 0 Å². The van der Waals surface area contributed by atoms with E-state index in [4.69, 9.17) is 5.73 Å². The Labute approximate surface area is 124 Å². The second-order valence-corrected chi connectivity index (χ2v) is 6.14. The van der Waals surface area contributed by atoms with Crippen LogP contribution in [0.1, 0.15) is 24.4 Å². The summed E-state index contributed by atoms with van der Waals surface area (Å²) in [5.74, 6) is 0.836. The van der Waals surface area contributed by atoms with Crippen LogP contribution in [0.3, 0.4) is 0 Å². The van der Waals surface area contributed by atoms with Crippen LogP contribution in [0.4, 0.5) is 0 Å². The highest BCUT2D eigenvalue weighted by Gasteiger charge is 2.23. The molecule has 4 rings (SSSR count). The average molecular weight is 280 g/mol. The minimum atomic E-state index is -0.306. The predicted octanol–water partition coefficient (Wildman–Crippen LogP) is 3.20. The molecule has 1 fully saturated rings. The van der Waals surface area contributed by atoms with Gasteiger partial charge in [-0.3, -0.25) is 0 Å². The predicted molar refractivity (Wildman–Crippen MR) is 86.2 cm³/mol. The minimum absolute atomic E-state index is 0.0216. The zero-order valence-electron chi connectivity index (χ0n) is 12.0. The van der Waals surface area contributed by atoms with E-state index in [0.29, 0.717) is 0 Å². The topological polar surface area (TPSA) is 51.2 Å². The summed E-state index contributed by atoms with van der Waals surface area (Å²) in [6, 6.07) is 14.6. The second kappa shape index (κ2) is 4.86. The molecule has 3 aromatic rings. The van der Waals surface area contributed by atoms with Crippen LogP contribution in [0.25, 0.3) is 21.8 Å². The molecule has 1 heterocycles. The van der Waals surface area contributed by atoms with Gasteiger partial charge in [-0.2, -0.15) is 0 Å². The second-order valence-electron chi connectivity index (χ2n) is 6.14. The first kappa shape index (κ1) is 12.9. The van der Waals surface area contributed by atoms with Crippen LogP contribution in [0.15, 0.2) is 42.5 Å². The van der Waals surface area contributed by atoms with Crippen molar-refractivity contribution < 1.29 is 5.11 Å². The Bertz CT molecular complexity index is 801. The number of nitrogens with two attached hydrogens (primary N) is 1. The summed E-state index contributed by atoms with van der Waals surface area (Å²) in [7, 11) is 0. The number of aliphatic hydroxyl groups is 1. The van der Waals surface area contributed by atoms with Gasteiger partial charge in [0.2, 0.25) is 0 Å². The maximum absolute atomic E-state index is 9.28. The summed E-state index contributed by atoms with van der Waals surface area (Å²) in [5.41, 5.74) is 9.54. The van der Waals surface area contributed by atoms with Crippen LogP contribution in [0, 0.1) is 5.92 Å². The lowest BCUT2D eigenvalue weighted by Gasteiger charge is -2.10. The number of aliphatic hydroxyl groups excluding tert-OH is 1. The number of para-hydroxylation sites is 1.